The number of ether oxygens (including phenoxy) is 1. The molecule has 0 saturated heterocycles. The molecule has 0 fully saturated rings. The van der Waals surface area contributed by atoms with Crippen LogP contribution in [0.3, 0.4) is 0 Å². The van der Waals surface area contributed by atoms with Crippen molar-refractivity contribution in [2.75, 3.05) is 20.2 Å². The number of Topliss-reactive ketones (excluding diaryl/α,β-unsaturated/α-hetero) is 1. The molecular weight excluding hydrogens is 240 g/mol. The zero-order chi connectivity index (χ0) is 14.3. The molecule has 4 heteroatoms. The second-order valence-corrected chi connectivity index (χ2v) is 4.48. The van der Waals surface area contributed by atoms with Gasteiger partial charge in [0.2, 0.25) is 0 Å². The number of rotatable bonds is 7. The van der Waals surface area contributed by atoms with Crippen LogP contribution in [0.25, 0.3) is 0 Å². The van der Waals surface area contributed by atoms with Gasteiger partial charge in [-0.1, -0.05) is 12.1 Å². The van der Waals surface area contributed by atoms with Gasteiger partial charge in [0.05, 0.1) is 31.2 Å². The lowest BCUT2D eigenvalue weighted by Crippen LogP contribution is -2.33. The minimum Gasteiger partial charge on any atom is -0.493 e. The summed E-state index contributed by atoms with van der Waals surface area (Å²) in [5.41, 5.74) is 0.598. The van der Waals surface area contributed by atoms with Crippen LogP contribution < -0.4 is 4.74 Å². The van der Waals surface area contributed by atoms with Crippen LogP contribution >= 0.6 is 0 Å². The van der Waals surface area contributed by atoms with Crippen LogP contribution in [0.2, 0.25) is 0 Å². The first-order valence-corrected chi connectivity index (χ1v) is 6.42. The predicted molar refractivity (Wildman–Crippen MR) is 74.3 cm³/mol. The quantitative estimate of drug-likeness (QED) is 0.707. The number of carbonyl (C=O) groups is 1. The summed E-state index contributed by atoms with van der Waals surface area (Å²) in [6.07, 6.45) is 0.414. The highest BCUT2D eigenvalue weighted by Crippen LogP contribution is 2.19. The van der Waals surface area contributed by atoms with E-state index in [1.807, 2.05) is 37.9 Å². The molecule has 0 aliphatic heterocycles. The van der Waals surface area contributed by atoms with Crippen LogP contribution in [0.5, 0.6) is 5.75 Å². The fraction of sp³-hybridized carbons (Fsp3) is 0.467. The van der Waals surface area contributed by atoms with Gasteiger partial charge >= 0.3 is 0 Å². The highest BCUT2D eigenvalue weighted by Gasteiger charge is 2.17. The van der Waals surface area contributed by atoms with Gasteiger partial charge in [-0.3, -0.25) is 9.69 Å². The Morgan fingerprint density at radius 2 is 2.16 bits per heavy atom. The molecule has 0 aliphatic carbocycles. The van der Waals surface area contributed by atoms with Crippen molar-refractivity contribution in [3.8, 4) is 11.8 Å². The van der Waals surface area contributed by atoms with Gasteiger partial charge in [-0.05, 0) is 33.0 Å². The molecule has 0 aromatic heterocycles. The lowest BCUT2D eigenvalue weighted by atomic mass is 10.1. The maximum Gasteiger partial charge on any atom is 0.180 e. The van der Waals surface area contributed by atoms with E-state index < -0.39 is 0 Å². The number of likely N-dealkylation sites (N-methyl/N-ethyl adjacent to an activating group) is 1. The van der Waals surface area contributed by atoms with Crippen LogP contribution in [0.4, 0.5) is 0 Å². The molecule has 1 unspecified atom stereocenters. The molecule has 1 aromatic carbocycles. The topological polar surface area (TPSA) is 53.3 Å². The number of benzene rings is 1. The highest BCUT2D eigenvalue weighted by atomic mass is 16.5. The summed E-state index contributed by atoms with van der Waals surface area (Å²) in [5, 5.41) is 8.67. The van der Waals surface area contributed by atoms with Crippen molar-refractivity contribution in [2.24, 2.45) is 0 Å². The van der Waals surface area contributed by atoms with E-state index in [2.05, 4.69) is 6.07 Å². The second kappa shape index (κ2) is 7.55. The van der Waals surface area contributed by atoms with E-state index in [0.29, 0.717) is 24.3 Å². The molecular formula is C15H20N2O2. The van der Waals surface area contributed by atoms with Gasteiger partial charge in [0, 0.05) is 6.04 Å². The summed E-state index contributed by atoms with van der Waals surface area (Å²) in [7, 11) is 1.85. The summed E-state index contributed by atoms with van der Waals surface area (Å²) in [6, 6.07) is 9.43. The van der Waals surface area contributed by atoms with E-state index in [1.165, 1.54) is 0 Å². The smallest absolute Gasteiger partial charge is 0.180 e. The van der Waals surface area contributed by atoms with Crippen molar-refractivity contribution in [1.29, 1.82) is 5.26 Å². The number of nitrogens with zero attached hydrogens (tertiary/aromatic N) is 2. The van der Waals surface area contributed by atoms with E-state index in [-0.39, 0.29) is 18.4 Å². The first kappa shape index (κ1) is 15.2. The summed E-state index contributed by atoms with van der Waals surface area (Å²) in [4.78, 5) is 14.1. The average Bonchev–Trinajstić information content (AvgIpc) is 2.39. The molecule has 0 heterocycles. The number of para-hydroxylation sites is 1. The summed E-state index contributed by atoms with van der Waals surface area (Å²) in [5.74, 6) is 0.632. The van der Waals surface area contributed by atoms with E-state index in [9.17, 15) is 4.79 Å². The minimum atomic E-state index is 0.0105. The largest absolute Gasteiger partial charge is 0.493 e. The Bertz CT molecular complexity index is 465. The average molecular weight is 260 g/mol. The number of nitriles is 1. The fourth-order valence-corrected chi connectivity index (χ4v) is 1.73. The first-order valence-electron chi connectivity index (χ1n) is 6.42. The number of carbonyl (C=O) groups excluding carboxylic acids is 1. The van der Waals surface area contributed by atoms with Crippen LogP contribution in [0.1, 0.15) is 30.6 Å². The monoisotopic (exact) mass is 260 g/mol. The lowest BCUT2D eigenvalue weighted by Gasteiger charge is -2.22. The SMILES string of the molecule is CCOc1ccccc1C(=O)CN(C)C(C)CC#N. The van der Waals surface area contributed by atoms with Crippen LogP contribution in [0, 0.1) is 11.3 Å². The molecule has 0 saturated carbocycles. The molecule has 0 aliphatic rings. The number of hydrogen-bond acceptors (Lipinski definition) is 4. The molecule has 1 atom stereocenters. The van der Waals surface area contributed by atoms with Crippen LogP contribution in [-0.4, -0.2) is 36.9 Å². The maximum absolute atomic E-state index is 12.3. The molecule has 1 aromatic rings. The molecule has 0 spiro atoms. The molecule has 19 heavy (non-hydrogen) atoms. The molecule has 0 amide bonds. The van der Waals surface area contributed by atoms with E-state index in [0.717, 1.165) is 0 Å². The van der Waals surface area contributed by atoms with Crippen molar-refractivity contribution < 1.29 is 9.53 Å². The van der Waals surface area contributed by atoms with Gasteiger partial charge in [0.25, 0.3) is 0 Å². The summed E-state index contributed by atoms with van der Waals surface area (Å²) in [6.45, 7) is 4.64. The molecule has 0 bridgehead atoms. The fourth-order valence-electron chi connectivity index (χ4n) is 1.73. The zero-order valence-electron chi connectivity index (χ0n) is 11.7. The third-order valence-electron chi connectivity index (χ3n) is 3.02. The van der Waals surface area contributed by atoms with Gasteiger partial charge in [-0.15, -0.1) is 0 Å². The van der Waals surface area contributed by atoms with Gasteiger partial charge in [-0.2, -0.15) is 5.26 Å². The normalized spacial score (nSPS) is 11.9. The first-order chi connectivity index (χ1) is 9.10. The minimum absolute atomic E-state index is 0.0105. The highest BCUT2D eigenvalue weighted by molar-refractivity contribution is 6.00. The molecule has 0 radical (unpaired) electrons. The lowest BCUT2D eigenvalue weighted by molar-refractivity contribution is 0.0922. The van der Waals surface area contributed by atoms with Crippen molar-refractivity contribution in [1.82, 2.24) is 4.90 Å². The Hall–Kier alpha value is -1.86. The van der Waals surface area contributed by atoms with Gasteiger partial charge in [0.1, 0.15) is 5.75 Å². The Kier molecular flexibility index (Phi) is 6.04. The van der Waals surface area contributed by atoms with E-state index in [1.54, 1.807) is 12.1 Å². The standard InChI is InChI=1S/C15H20N2O2/c1-4-19-15-8-6-5-7-13(15)14(18)11-17(3)12(2)9-10-16/h5-8,12H,4,9,11H2,1-3H3. The van der Waals surface area contributed by atoms with Crippen molar-refractivity contribution in [3.63, 3.8) is 0 Å². The molecule has 4 nitrogen and oxygen atoms in total. The number of hydrogen-bond donors (Lipinski definition) is 0. The molecule has 102 valence electrons. The van der Waals surface area contributed by atoms with Crippen LogP contribution in [0.15, 0.2) is 24.3 Å². The van der Waals surface area contributed by atoms with Crippen molar-refractivity contribution in [2.45, 2.75) is 26.3 Å². The maximum atomic E-state index is 12.3. The Balaban J connectivity index is 2.76. The van der Waals surface area contributed by atoms with Crippen molar-refractivity contribution in [3.05, 3.63) is 29.8 Å². The third-order valence-corrected chi connectivity index (χ3v) is 3.02. The van der Waals surface area contributed by atoms with E-state index in [4.69, 9.17) is 10.00 Å². The van der Waals surface area contributed by atoms with E-state index >= 15 is 0 Å². The Labute approximate surface area is 114 Å². The number of ketones is 1. The van der Waals surface area contributed by atoms with Crippen molar-refractivity contribution >= 4 is 5.78 Å². The second-order valence-electron chi connectivity index (χ2n) is 4.48. The Morgan fingerprint density at radius 3 is 2.79 bits per heavy atom. The summed E-state index contributed by atoms with van der Waals surface area (Å²) >= 11 is 0. The van der Waals surface area contributed by atoms with Gasteiger partial charge in [-0.25, -0.2) is 0 Å². The molecule has 0 N–H and O–H groups in total. The predicted octanol–water partition coefficient (Wildman–Crippen LogP) is 2.50. The van der Waals surface area contributed by atoms with Gasteiger partial charge in [0.15, 0.2) is 5.78 Å². The zero-order valence-corrected chi connectivity index (χ0v) is 11.7. The molecule has 1 rings (SSSR count). The third kappa shape index (κ3) is 4.38. The van der Waals surface area contributed by atoms with Crippen LogP contribution in [-0.2, 0) is 0 Å². The summed E-state index contributed by atoms with van der Waals surface area (Å²) < 4.78 is 5.46. The Morgan fingerprint density at radius 1 is 1.47 bits per heavy atom. The van der Waals surface area contributed by atoms with Gasteiger partial charge < -0.3 is 4.74 Å².